The van der Waals surface area contributed by atoms with E-state index in [1.54, 1.807) is 0 Å². The first-order valence-electron chi connectivity index (χ1n) is 4.28. The molecule has 0 heterocycles. The highest BCUT2D eigenvalue weighted by atomic mass is 16.3. The SMILES string of the molecule is O=C(CO)NN=C1CCCCC1. The molecule has 0 aromatic rings. The lowest BCUT2D eigenvalue weighted by atomic mass is 9.99. The van der Waals surface area contributed by atoms with Crippen LogP contribution in [-0.4, -0.2) is 23.3 Å². The second kappa shape index (κ2) is 4.87. The number of carbonyl (C=O) groups excluding carboxylic acids is 1. The molecule has 1 saturated carbocycles. The quantitative estimate of drug-likeness (QED) is 0.590. The molecule has 0 aromatic heterocycles. The zero-order valence-electron chi connectivity index (χ0n) is 7.05. The molecule has 0 radical (unpaired) electrons. The van der Waals surface area contributed by atoms with E-state index in [4.69, 9.17) is 5.11 Å². The van der Waals surface area contributed by atoms with Crippen molar-refractivity contribution in [3.8, 4) is 0 Å². The van der Waals surface area contributed by atoms with Gasteiger partial charge in [0, 0.05) is 5.71 Å². The average molecular weight is 170 g/mol. The number of hydrazone groups is 1. The third kappa shape index (κ3) is 3.00. The minimum absolute atomic E-state index is 0.437. The summed E-state index contributed by atoms with van der Waals surface area (Å²) in [4.78, 5) is 10.6. The van der Waals surface area contributed by atoms with Gasteiger partial charge in [0.15, 0.2) is 0 Å². The maximum atomic E-state index is 10.6. The topological polar surface area (TPSA) is 61.7 Å². The van der Waals surface area contributed by atoms with Gasteiger partial charge >= 0.3 is 0 Å². The number of hydrogen-bond donors (Lipinski definition) is 2. The molecule has 0 saturated heterocycles. The summed E-state index contributed by atoms with van der Waals surface area (Å²) in [6.07, 6.45) is 5.53. The van der Waals surface area contributed by atoms with Gasteiger partial charge in [-0.15, -0.1) is 0 Å². The second-order valence-corrected chi connectivity index (χ2v) is 2.93. The Balaban J connectivity index is 2.29. The summed E-state index contributed by atoms with van der Waals surface area (Å²) in [6, 6.07) is 0. The van der Waals surface area contributed by atoms with Crippen LogP contribution in [0.15, 0.2) is 5.10 Å². The molecule has 0 aromatic carbocycles. The van der Waals surface area contributed by atoms with Crippen molar-refractivity contribution < 1.29 is 9.90 Å². The molecule has 0 bridgehead atoms. The van der Waals surface area contributed by atoms with Crippen LogP contribution in [0.3, 0.4) is 0 Å². The summed E-state index contributed by atoms with van der Waals surface area (Å²) < 4.78 is 0. The first kappa shape index (κ1) is 9.19. The smallest absolute Gasteiger partial charge is 0.265 e. The van der Waals surface area contributed by atoms with Gasteiger partial charge in [0.2, 0.25) is 0 Å². The van der Waals surface area contributed by atoms with Gasteiger partial charge in [-0.05, 0) is 25.7 Å². The van der Waals surface area contributed by atoms with Crippen LogP contribution in [0, 0.1) is 0 Å². The Morgan fingerprint density at radius 3 is 2.67 bits per heavy atom. The number of hydrogen-bond acceptors (Lipinski definition) is 3. The fourth-order valence-corrected chi connectivity index (χ4v) is 1.25. The molecule has 1 fully saturated rings. The molecule has 1 rings (SSSR count). The van der Waals surface area contributed by atoms with E-state index in [9.17, 15) is 4.79 Å². The first-order chi connectivity index (χ1) is 5.83. The standard InChI is InChI=1S/C8H14N2O2/c11-6-8(12)10-9-7-4-2-1-3-5-7/h11H,1-6H2,(H,10,12). The third-order valence-corrected chi connectivity index (χ3v) is 1.91. The second-order valence-electron chi connectivity index (χ2n) is 2.93. The Labute approximate surface area is 71.7 Å². The van der Waals surface area contributed by atoms with Crippen molar-refractivity contribution in [3.63, 3.8) is 0 Å². The van der Waals surface area contributed by atoms with E-state index in [1.807, 2.05) is 0 Å². The molecular formula is C8H14N2O2. The summed E-state index contributed by atoms with van der Waals surface area (Å²) in [5, 5.41) is 12.3. The Morgan fingerprint density at radius 2 is 2.08 bits per heavy atom. The molecule has 1 aliphatic carbocycles. The predicted octanol–water partition coefficient (Wildman–Crippen LogP) is 0.415. The number of rotatable bonds is 2. The molecule has 12 heavy (non-hydrogen) atoms. The van der Waals surface area contributed by atoms with Crippen LogP contribution in [0.1, 0.15) is 32.1 Å². The Bertz CT molecular complexity index is 181. The number of aliphatic hydroxyl groups is 1. The van der Waals surface area contributed by atoms with E-state index in [2.05, 4.69) is 10.5 Å². The third-order valence-electron chi connectivity index (χ3n) is 1.91. The summed E-state index contributed by atoms with van der Waals surface area (Å²) in [6.45, 7) is -0.489. The van der Waals surface area contributed by atoms with Crippen LogP contribution in [-0.2, 0) is 4.79 Å². The summed E-state index contributed by atoms with van der Waals surface area (Å²) in [5.74, 6) is -0.437. The average Bonchev–Trinajstić information content (AvgIpc) is 2.16. The molecule has 4 nitrogen and oxygen atoms in total. The minimum atomic E-state index is -0.489. The molecule has 0 unspecified atom stereocenters. The molecule has 1 aliphatic rings. The van der Waals surface area contributed by atoms with Crippen LogP contribution in [0.2, 0.25) is 0 Å². The highest BCUT2D eigenvalue weighted by molar-refractivity contribution is 5.86. The van der Waals surface area contributed by atoms with Crippen molar-refractivity contribution >= 4 is 11.6 Å². The van der Waals surface area contributed by atoms with Crippen LogP contribution in [0.4, 0.5) is 0 Å². The van der Waals surface area contributed by atoms with Gasteiger partial charge < -0.3 is 5.11 Å². The molecule has 2 N–H and O–H groups in total. The van der Waals surface area contributed by atoms with Crippen LogP contribution in [0.25, 0.3) is 0 Å². The number of carbonyl (C=O) groups is 1. The predicted molar refractivity (Wildman–Crippen MR) is 45.7 cm³/mol. The van der Waals surface area contributed by atoms with Crippen molar-refractivity contribution in [1.29, 1.82) is 0 Å². The molecule has 0 aliphatic heterocycles. The van der Waals surface area contributed by atoms with E-state index in [0.29, 0.717) is 0 Å². The monoisotopic (exact) mass is 170 g/mol. The zero-order valence-corrected chi connectivity index (χ0v) is 7.05. The van der Waals surface area contributed by atoms with E-state index in [0.717, 1.165) is 31.4 Å². The van der Waals surface area contributed by atoms with Crippen LogP contribution in [0.5, 0.6) is 0 Å². The number of aliphatic hydroxyl groups excluding tert-OH is 1. The lowest BCUT2D eigenvalue weighted by molar-refractivity contribution is -0.123. The normalized spacial score (nSPS) is 17.2. The number of nitrogens with one attached hydrogen (secondary N) is 1. The molecular weight excluding hydrogens is 156 g/mol. The summed E-state index contributed by atoms with van der Waals surface area (Å²) in [5.41, 5.74) is 3.35. The Hall–Kier alpha value is -0.900. The molecule has 68 valence electrons. The lowest BCUT2D eigenvalue weighted by Crippen LogP contribution is -2.23. The Kier molecular flexibility index (Phi) is 3.73. The minimum Gasteiger partial charge on any atom is -0.386 e. The van der Waals surface area contributed by atoms with Crippen LogP contribution < -0.4 is 5.43 Å². The largest absolute Gasteiger partial charge is 0.386 e. The highest BCUT2D eigenvalue weighted by Crippen LogP contribution is 2.13. The molecule has 0 atom stereocenters. The van der Waals surface area contributed by atoms with Crippen molar-refractivity contribution in [2.24, 2.45) is 5.10 Å². The van der Waals surface area contributed by atoms with E-state index < -0.39 is 12.5 Å². The van der Waals surface area contributed by atoms with Gasteiger partial charge in [-0.1, -0.05) is 6.42 Å². The van der Waals surface area contributed by atoms with Gasteiger partial charge in [0.1, 0.15) is 6.61 Å². The van der Waals surface area contributed by atoms with E-state index >= 15 is 0 Å². The fourth-order valence-electron chi connectivity index (χ4n) is 1.25. The Morgan fingerprint density at radius 1 is 1.42 bits per heavy atom. The van der Waals surface area contributed by atoms with Crippen molar-refractivity contribution in [3.05, 3.63) is 0 Å². The lowest BCUT2D eigenvalue weighted by Gasteiger charge is -2.11. The van der Waals surface area contributed by atoms with Gasteiger partial charge in [0.25, 0.3) is 5.91 Å². The molecule has 1 amide bonds. The molecule has 0 spiro atoms. The van der Waals surface area contributed by atoms with Crippen molar-refractivity contribution in [2.45, 2.75) is 32.1 Å². The van der Waals surface area contributed by atoms with Gasteiger partial charge in [-0.3, -0.25) is 4.79 Å². The number of nitrogens with zero attached hydrogens (tertiary/aromatic N) is 1. The van der Waals surface area contributed by atoms with E-state index in [1.165, 1.54) is 6.42 Å². The summed E-state index contributed by atoms with van der Waals surface area (Å²) in [7, 11) is 0. The summed E-state index contributed by atoms with van der Waals surface area (Å²) >= 11 is 0. The molecule has 4 heteroatoms. The van der Waals surface area contributed by atoms with Crippen molar-refractivity contribution in [2.75, 3.05) is 6.61 Å². The maximum Gasteiger partial charge on any atom is 0.265 e. The zero-order chi connectivity index (χ0) is 8.81. The fraction of sp³-hybridized carbons (Fsp3) is 0.750. The maximum absolute atomic E-state index is 10.6. The number of amides is 1. The highest BCUT2D eigenvalue weighted by Gasteiger charge is 2.06. The van der Waals surface area contributed by atoms with E-state index in [-0.39, 0.29) is 0 Å². The van der Waals surface area contributed by atoms with Crippen molar-refractivity contribution in [1.82, 2.24) is 5.43 Å². The van der Waals surface area contributed by atoms with Gasteiger partial charge in [-0.2, -0.15) is 5.10 Å². The van der Waals surface area contributed by atoms with Crippen LogP contribution >= 0.6 is 0 Å². The van der Waals surface area contributed by atoms with Gasteiger partial charge in [-0.25, -0.2) is 5.43 Å². The first-order valence-corrected chi connectivity index (χ1v) is 4.28. The van der Waals surface area contributed by atoms with Gasteiger partial charge in [0.05, 0.1) is 0 Å².